The van der Waals surface area contributed by atoms with E-state index >= 15 is 0 Å². The number of hydrogen-bond donors (Lipinski definition) is 1. The lowest BCUT2D eigenvalue weighted by atomic mass is 10.2. The first kappa shape index (κ1) is 19.2. The molecular formula is C17H11Cl3N4O3. The molecule has 0 aliphatic heterocycles. The van der Waals surface area contributed by atoms with E-state index in [1.54, 1.807) is 35.1 Å². The second-order valence-electron chi connectivity index (χ2n) is 5.51. The topological polar surface area (TPSA) is 90.1 Å². The van der Waals surface area contributed by atoms with Crippen molar-refractivity contribution in [2.75, 3.05) is 5.32 Å². The summed E-state index contributed by atoms with van der Waals surface area (Å²) in [5.74, 6) is -0.243. The van der Waals surface area contributed by atoms with E-state index < -0.39 is 10.8 Å². The summed E-state index contributed by atoms with van der Waals surface area (Å²) in [6.07, 6.45) is 1.67. The summed E-state index contributed by atoms with van der Waals surface area (Å²) < 4.78 is 1.59. The molecule has 0 bridgehead atoms. The van der Waals surface area contributed by atoms with Gasteiger partial charge in [0.25, 0.3) is 11.6 Å². The smallest absolute Gasteiger partial charge is 0.288 e. The quantitative estimate of drug-likeness (QED) is 0.457. The Bertz CT molecular complexity index is 1040. The molecular weight excluding hydrogens is 415 g/mol. The molecule has 27 heavy (non-hydrogen) atoms. The van der Waals surface area contributed by atoms with Crippen molar-refractivity contribution < 1.29 is 9.72 Å². The summed E-state index contributed by atoms with van der Waals surface area (Å²) in [5.41, 5.74) is 0.573. The Morgan fingerprint density at radius 3 is 2.59 bits per heavy atom. The number of nitrogens with one attached hydrogen (secondary N) is 1. The number of halogens is 3. The number of hydrogen-bond acceptors (Lipinski definition) is 4. The predicted octanol–water partition coefficient (Wildman–Crippen LogP) is 5.05. The van der Waals surface area contributed by atoms with Gasteiger partial charge in [0.1, 0.15) is 5.02 Å². The lowest BCUT2D eigenvalue weighted by molar-refractivity contribution is -0.384. The first-order valence-electron chi connectivity index (χ1n) is 7.56. The summed E-state index contributed by atoms with van der Waals surface area (Å²) in [6, 6.07) is 10.6. The maximum Gasteiger partial charge on any atom is 0.288 e. The third-order valence-corrected chi connectivity index (χ3v) is 4.54. The molecule has 138 valence electrons. The second-order valence-corrected chi connectivity index (χ2v) is 6.76. The first-order valence-corrected chi connectivity index (χ1v) is 8.69. The lowest BCUT2D eigenvalue weighted by Gasteiger charge is -2.05. The van der Waals surface area contributed by atoms with Crippen LogP contribution in [0.25, 0.3) is 0 Å². The highest BCUT2D eigenvalue weighted by Gasteiger charge is 2.17. The van der Waals surface area contributed by atoms with Crippen LogP contribution in [0.15, 0.2) is 48.7 Å². The maximum atomic E-state index is 12.3. The minimum absolute atomic E-state index is 0.0410. The number of rotatable bonds is 5. The van der Waals surface area contributed by atoms with Crippen molar-refractivity contribution in [3.05, 3.63) is 85.0 Å². The fourth-order valence-electron chi connectivity index (χ4n) is 2.32. The highest BCUT2D eigenvalue weighted by atomic mass is 35.5. The number of anilines is 1. The van der Waals surface area contributed by atoms with Gasteiger partial charge in [0.2, 0.25) is 0 Å². The van der Waals surface area contributed by atoms with Gasteiger partial charge in [-0.1, -0.05) is 40.9 Å². The molecule has 7 nitrogen and oxygen atoms in total. The van der Waals surface area contributed by atoms with Gasteiger partial charge < -0.3 is 5.32 Å². The molecule has 1 aromatic heterocycles. The molecule has 1 heterocycles. The van der Waals surface area contributed by atoms with Gasteiger partial charge in [-0.3, -0.25) is 19.6 Å². The zero-order valence-electron chi connectivity index (χ0n) is 13.5. The van der Waals surface area contributed by atoms with Crippen molar-refractivity contribution in [2.24, 2.45) is 0 Å². The number of benzene rings is 2. The molecule has 0 spiro atoms. The molecule has 1 N–H and O–H groups in total. The molecule has 0 aliphatic rings. The van der Waals surface area contributed by atoms with Gasteiger partial charge >= 0.3 is 0 Å². The summed E-state index contributed by atoms with van der Waals surface area (Å²) in [5, 5.41) is 18.8. The Labute approximate surface area is 168 Å². The minimum atomic E-state index is -0.649. The SMILES string of the molecule is O=C(Nc1ccn(Cc2ccc(Cl)cc2Cl)n1)c1ccc(Cl)c([N+](=O)[O-])c1. The number of nitro benzene ring substituents is 1. The van der Waals surface area contributed by atoms with E-state index in [0.717, 1.165) is 11.6 Å². The van der Waals surface area contributed by atoms with Crippen LogP contribution in [0.5, 0.6) is 0 Å². The molecule has 10 heteroatoms. The summed E-state index contributed by atoms with van der Waals surface area (Å²) >= 11 is 17.8. The average Bonchev–Trinajstić information content (AvgIpc) is 3.04. The fraction of sp³-hybridized carbons (Fsp3) is 0.0588. The molecule has 2 aromatic carbocycles. The molecule has 0 radical (unpaired) electrons. The van der Waals surface area contributed by atoms with Crippen molar-refractivity contribution >= 4 is 52.2 Å². The molecule has 3 aromatic rings. The lowest BCUT2D eigenvalue weighted by Crippen LogP contribution is -2.13. The average molecular weight is 426 g/mol. The Morgan fingerprint density at radius 2 is 1.89 bits per heavy atom. The molecule has 0 aliphatic carbocycles. The molecule has 0 saturated carbocycles. The standard InChI is InChI=1S/C17H11Cl3N4O3/c18-12-3-1-11(14(20)8-12)9-23-6-5-16(22-23)21-17(25)10-2-4-13(19)15(7-10)24(26)27/h1-8H,9H2,(H,21,22,25). The molecule has 0 fully saturated rings. The summed E-state index contributed by atoms with van der Waals surface area (Å²) in [6.45, 7) is 0.387. The van der Waals surface area contributed by atoms with Crippen LogP contribution < -0.4 is 5.32 Å². The number of amides is 1. The number of aromatic nitrogens is 2. The highest BCUT2D eigenvalue weighted by Crippen LogP contribution is 2.25. The van der Waals surface area contributed by atoms with E-state index in [1.807, 2.05) is 0 Å². The maximum absolute atomic E-state index is 12.3. The number of nitro groups is 1. The Morgan fingerprint density at radius 1 is 1.11 bits per heavy atom. The van der Waals surface area contributed by atoms with Crippen LogP contribution in [0.4, 0.5) is 11.5 Å². The van der Waals surface area contributed by atoms with Crippen molar-refractivity contribution in [1.29, 1.82) is 0 Å². The van der Waals surface area contributed by atoms with Crippen LogP contribution in [-0.4, -0.2) is 20.6 Å². The summed E-state index contributed by atoms with van der Waals surface area (Å²) in [4.78, 5) is 22.6. The monoisotopic (exact) mass is 424 g/mol. The van der Waals surface area contributed by atoms with Gasteiger partial charge in [-0.05, 0) is 29.8 Å². The number of carbonyl (C=O) groups is 1. The zero-order chi connectivity index (χ0) is 19.6. The first-order chi connectivity index (χ1) is 12.8. The molecule has 0 unspecified atom stereocenters. The van der Waals surface area contributed by atoms with Gasteiger partial charge in [0, 0.05) is 33.9 Å². The molecule has 0 saturated heterocycles. The van der Waals surface area contributed by atoms with E-state index in [0.29, 0.717) is 22.4 Å². The van der Waals surface area contributed by atoms with Crippen LogP contribution in [0, 0.1) is 10.1 Å². The van der Waals surface area contributed by atoms with E-state index in [1.165, 1.54) is 12.1 Å². The van der Waals surface area contributed by atoms with E-state index in [2.05, 4.69) is 10.4 Å². The Hall–Kier alpha value is -2.61. The fourth-order valence-corrected chi connectivity index (χ4v) is 2.98. The summed E-state index contributed by atoms with van der Waals surface area (Å²) in [7, 11) is 0. The number of carbonyl (C=O) groups excluding carboxylic acids is 1. The van der Waals surface area contributed by atoms with Crippen molar-refractivity contribution in [2.45, 2.75) is 6.54 Å². The largest absolute Gasteiger partial charge is 0.305 e. The Kier molecular flexibility index (Phi) is 5.65. The van der Waals surface area contributed by atoms with E-state index in [9.17, 15) is 14.9 Å². The minimum Gasteiger partial charge on any atom is -0.305 e. The van der Waals surface area contributed by atoms with Gasteiger partial charge in [-0.15, -0.1) is 0 Å². The van der Waals surface area contributed by atoms with Crippen LogP contribution in [0.1, 0.15) is 15.9 Å². The number of nitrogens with zero attached hydrogens (tertiary/aromatic N) is 3. The van der Waals surface area contributed by atoms with Crippen molar-refractivity contribution in [3.63, 3.8) is 0 Å². The van der Waals surface area contributed by atoms with Gasteiger partial charge in [-0.2, -0.15) is 5.10 Å². The predicted molar refractivity (Wildman–Crippen MR) is 104 cm³/mol. The zero-order valence-corrected chi connectivity index (χ0v) is 15.8. The van der Waals surface area contributed by atoms with Gasteiger partial charge in [-0.25, -0.2) is 0 Å². The molecule has 3 rings (SSSR count). The van der Waals surface area contributed by atoms with E-state index in [4.69, 9.17) is 34.8 Å². The third-order valence-electron chi connectivity index (χ3n) is 3.63. The van der Waals surface area contributed by atoms with Gasteiger partial charge in [0.15, 0.2) is 5.82 Å². The second kappa shape index (κ2) is 7.96. The van der Waals surface area contributed by atoms with Gasteiger partial charge in [0.05, 0.1) is 11.5 Å². The third kappa shape index (κ3) is 4.57. The van der Waals surface area contributed by atoms with Crippen molar-refractivity contribution in [3.8, 4) is 0 Å². The normalized spacial score (nSPS) is 10.6. The highest BCUT2D eigenvalue weighted by molar-refractivity contribution is 6.35. The van der Waals surface area contributed by atoms with Crippen LogP contribution in [0.2, 0.25) is 15.1 Å². The Balaban J connectivity index is 1.73. The van der Waals surface area contributed by atoms with E-state index in [-0.39, 0.29) is 16.3 Å². The molecule has 1 amide bonds. The van der Waals surface area contributed by atoms with Crippen LogP contribution in [-0.2, 0) is 6.54 Å². The van der Waals surface area contributed by atoms with Crippen molar-refractivity contribution in [1.82, 2.24) is 9.78 Å². The van der Waals surface area contributed by atoms with Crippen LogP contribution in [0.3, 0.4) is 0 Å². The van der Waals surface area contributed by atoms with Crippen LogP contribution >= 0.6 is 34.8 Å². The molecule has 0 atom stereocenters.